The molecule has 0 unspecified atom stereocenters. The number of aliphatic hydroxyl groups excluding tert-OH is 3. The van der Waals surface area contributed by atoms with Crippen molar-refractivity contribution >= 4 is 17.9 Å². The molecule has 0 aromatic rings. The summed E-state index contributed by atoms with van der Waals surface area (Å²) in [6, 6.07) is 0. The highest BCUT2D eigenvalue weighted by molar-refractivity contribution is 5.70. The molecule has 0 spiro atoms. The molecular weight excluding hydrogens is 568 g/mol. The van der Waals surface area contributed by atoms with Gasteiger partial charge >= 0.3 is 17.9 Å². The molecule has 0 aliphatic carbocycles. The van der Waals surface area contributed by atoms with Crippen molar-refractivity contribution in [1.82, 2.24) is 0 Å². The molecule has 44 heavy (non-hydrogen) atoms. The normalized spacial score (nSPS) is 11.9. The molecule has 0 rings (SSSR count). The fraction of sp³-hybridized carbons (Fsp3) is 0.912. The molecule has 0 aliphatic rings. The van der Waals surface area contributed by atoms with Gasteiger partial charge in [0.1, 0.15) is 19.8 Å². The highest BCUT2D eigenvalue weighted by atomic mass is 16.6. The minimum Gasteiger partial charge on any atom is -0.465 e. The lowest BCUT2D eigenvalue weighted by molar-refractivity contribution is -0.170. The van der Waals surface area contributed by atoms with Crippen molar-refractivity contribution in [1.29, 1.82) is 0 Å². The minimum absolute atomic E-state index is 0.161. The number of unbranched alkanes of at least 4 members (excludes halogenated alkanes) is 12. The van der Waals surface area contributed by atoms with Crippen molar-refractivity contribution in [3.63, 3.8) is 0 Å². The lowest BCUT2D eigenvalue weighted by Crippen LogP contribution is -2.45. The van der Waals surface area contributed by atoms with E-state index in [9.17, 15) is 29.7 Å². The Balaban J connectivity index is 5.56. The van der Waals surface area contributed by atoms with Crippen LogP contribution in [0, 0.1) is 10.8 Å². The molecule has 0 bridgehead atoms. The molecule has 0 saturated carbocycles. The summed E-state index contributed by atoms with van der Waals surface area (Å²) in [5, 5.41) is 29.2. The van der Waals surface area contributed by atoms with Gasteiger partial charge < -0.3 is 34.3 Å². The van der Waals surface area contributed by atoms with Crippen LogP contribution in [0.15, 0.2) is 0 Å². The molecule has 0 fully saturated rings. The predicted octanol–water partition coefficient (Wildman–Crippen LogP) is 5.66. The number of rotatable bonds is 31. The smallest absolute Gasteiger partial charge is 0.305 e. The summed E-state index contributed by atoms with van der Waals surface area (Å²) < 4.78 is 22.8. The Bertz CT molecular complexity index is 687. The molecule has 0 saturated heterocycles. The molecular formula is C34H64O10. The number of carbonyl (C=O) groups excluding carboxylic acids is 3. The van der Waals surface area contributed by atoms with Crippen molar-refractivity contribution in [3.05, 3.63) is 0 Å². The van der Waals surface area contributed by atoms with Gasteiger partial charge in [-0.1, -0.05) is 97.8 Å². The minimum atomic E-state index is -1.29. The molecule has 3 N–H and O–H groups in total. The van der Waals surface area contributed by atoms with E-state index in [4.69, 9.17) is 18.9 Å². The maximum Gasteiger partial charge on any atom is 0.305 e. The zero-order valence-corrected chi connectivity index (χ0v) is 28.1. The van der Waals surface area contributed by atoms with Gasteiger partial charge in [0.25, 0.3) is 0 Å². The first-order chi connectivity index (χ1) is 21.3. The maximum atomic E-state index is 12.7. The molecule has 260 valence electrons. The van der Waals surface area contributed by atoms with Gasteiger partial charge in [-0.25, -0.2) is 0 Å². The zero-order valence-electron chi connectivity index (χ0n) is 28.1. The molecule has 0 amide bonds. The lowest BCUT2D eigenvalue weighted by atomic mass is 9.90. The number of hydrogen-bond donors (Lipinski definition) is 3. The Morgan fingerprint density at radius 3 is 1.07 bits per heavy atom. The maximum absolute atomic E-state index is 12.7. The largest absolute Gasteiger partial charge is 0.465 e. The van der Waals surface area contributed by atoms with Gasteiger partial charge in [-0.2, -0.15) is 0 Å². The average molecular weight is 633 g/mol. The second-order valence-corrected chi connectivity index (χ2v) is 12.4. The van der Waals surface area contributed by atoms with E-state index >= 15 is 0 Å². The van der Waals surface area contributed by atoms with Crippen LogP contribution >= 0.6 is 0 Å². The van der Waals surface area contributed by atoms with Crippen LogP contribution in [-0.4, -0.2) is 86.1 Å². The van der Waals surface area contributed by atoms with Crippen LogP contribution in [0.5, 0.6) is 0 Å². The monoisotopic (exact) mass is 632 g/mol. The average Bonchev–Trinajstić information content (AvgIpc) is 3.03. The van der Waals surface area contributed by atoms with Crippen molar-refractivity contribution < 1.29 is 48.7 Å². The van der Waals surface area contributed by atoms with Gasteiger partial charge in [0.05, 0.1) is 43.9 Å². The van der Waals surface area contributed by atoms with E-state index in [-0.39, 0.29) is 52.3 Å². The summed E-state index contributed by atoms with van der Waals surface area (Å²) in [6.07, 6.45) is 15.5. The van der Waals surface area contributed by atoms with Gasteiger partial charge in [-0.05, 0) is 19.3 Å². The second kappa shape index (κ2) is 27.6. The highest BCUT2D eigenvalue weighted by Crippen LogP contribution is 2.25. The summed E-state index contributed by atoms with van der Waals surface area (Å²) >= 11 is 0. The van der Waals surface area contributed by atoms with E-state index in [1.54, 1.807) is 0 Å². The van der Waals surface area contributed by atoms with Gasteiger partial charge in [-0.3, -0.25) is 14.4 Å². The molecule has 10 nitrogen and oxygen atoms in total. The van der Waals surface area contributed by atoms with Gasteiger partial charge in [0, 0.05) is 19.3 Å². The standard InChI is InChI=1S/C34H64O10/c1-4-7-10-13-14-15-18-21-32(40)44-29-34(26-41-25-33(22-35,23-36)24-37,27-42-30(38)19-16-11-8-5-2)28-43-31(39)20-17-12-9-6-3/h35-37H,4-29H2,1-3H3. The quantitative estimate of drug-likeness (QED) is 0.0496. The lowest BCUT2D eigenvalue weighted by Gasteiger charge is -2.34. The van der Waals surface area contributed by atoms with Crippen LogP contribution < -0.4 is 0 Å². The first-order valence-electron chi connectivity index (χ1n) is 17.1. The highest BCUT2D eigenvalue weighted by Gasteiger charge is 2.38. The number of esters is 3. The number of hydrogen-bond acceptors (Lipinski definition) is 10. The van der Waals surface area contributed by atoms with Crippen molar-refractivity contribution in [2.45, 2.75) is 136 Å². The van der Waals surface area contributed by atoms with Crippen LogP contribution in [-0.2, 0) is 33.3 Å². The second-order valence-electron chi connectivity index (χ2n) is 12.4. The Morgan fingerprint density at radius 1 is 0.432 bits per heavy atom. The topological polar surface area (TPSA) is 149 Å². The Morgan fingerprint density at radius 2 is 0.727 bits per heavy atom. The van der Waals surface area contributed by atoms with Crippen molar-refractivity contribution in [2.24, 2.45) is 10.8 Å². The predicted molar refractivity (Wildman–Crippen MR) is 170 cm³/mol. The third-order valence-corrected chi connectivity index (χ3v) is 7.89. The first kappa shape index (κ1) is 42.2. The van der Waals surface area contributed by atoms with Crippen LogP contribution in [0.25, 0.3) is 0 Å². The van der Waals surface area contributed by atoms with Gasteiger partial charge in [0.15, 0.2) is 0 Å². The van der Waals surface area contributed by atoms with Crippen molar-refractivity contribution in [2.75, 3.05) is 52.9 Å². The zero-order chi connectivity index (χ0) is 32.9. The SMILES string of the molecule is CCCCCCCCCC(=O)OCC(COCC(CO)(CO)CO)(COC(=O)CCCCCC)COC(=O)CCCCCC. The van der Waals surface area contributed by atoms with Crippen molar-refractivity contribution in [3.8, 4) is 0 Å². The molecule has 0 aromatic carbocycles. The Hall–Kier alpha value is -1.75. The molecule has 0 aromatic heterocycles. The van der Waals surface area contributed by atoms with Crippen LogP contribution in [0.4, 0.5) is 0 Å². The molecule has 0 aliphatic heterocycles. The number of carbonyl (C=O) groups is 3. The number of aliphatic hydroxyl groups is 3. The molecule has 0 atom stereocenters. The molecule has 10 heteroatoms. The Kier molecular flexibility index (Phi) is 26.5. The third kappa shape index (κ3) is 21.1. The van der Waals surface area contributed by atoms with E-state index in [0.29, 0.717) is 19.3 Å². The summed E-state index contributed by atoms with van der Waals surface area (Å²) in [4.78, 5) is 37.9. The van der Waals surface area contributed by atoms with Gasteiger partial charge in [0.2, 0.25) is 0 Å². The van der Waals surface area contributed by atoms with E-state index in [1.807, 2.05) is 0 Å². The fourth-order valence-electron chi connectivity index (χ4n) is 4.56. The molecule has 0 radical (unpaired) electrons. The third-order valence-electron chi connectivity index (χ3n) is 7.89. The fourth-order valence-corrected chi connectivity index (χ4v) is 4.56. The van der Waals surface area contributed by atoms with Crippen LogP contribution in [0.1, 0.15) is 136 Å². The van der Waals surface area contributed by atoms with Crippen LogP contribution in [0.3, 0.4) is 0 Å². The summed E-state index contributed by atoms with van der Waals surface area (Å²) in [7, 11) is 0. The Labute approximate surface area is 266 Å². The first-order valence-corrected chi connectivity index (χ1v) is 17.1. The van der Waals surface area contributed by atoms with E-state index in [1.165, 1.54) is 19.3 Å². The summed E-state index contributed by atoms with van der Waals surface area (Å²) in [5.41, 5.74) is -2.49. The van der Waals surface area contributed by atoms with E-state index in [2.05, 4.69) is 20.8 Å². The summed E-state index contributed by atoms with van der Waals surface area (Å²) in [5.74, 6) is -1.20. The molecule has 0 heterocycles. The van der Waals surface area contributed by atoms with Crippen LogP contribution in [0.2, 0.25) is 0 Å². The summed E-state index contributed by atoms with van der Waals surface area (Å²) in [6.45, 7) is 3.81. The number of ether oxygens (including phenoxy) is 4. The van der Waals surface area contributed by atoms with Gasteiger partial charge in [-0.15, -0.1) is 0 Å². The van der Waals surface area contributed by atoms with E-state index in [0.717, 1.165) is 57.8 Å². The van der Waals surface area contributed by atoms with E-state index < -0.39 is 48.6 Å².